The second-order valence-corrected chi connectivity index (χ2v) is 4.54. The molecule has 2 N–H and O–H groups in total. The lowest BCUT2D eigenvalue weighted by Gasteiger charge is -2.21. The maximum atomic E-state index is 13.0. The van der Waals surface area contributed by atoms with E-state index in [1.54, 1.807) is 4.90 Å². The molecule has 2 unspecified atom stereocenters. The van der Waals surface area contributed by atoms with E-state index in [1.807, 2.05) is 6.92 Å². The largest absolute Gasteiger partial charge is 0.336 e. The third-order valence-electron chi connectivity index (χ3n) is 3.21. The van der Waals surface area contributed by atoms with E-state index in [2.05, 4.69) is 4.98 Å². The predicted octanol–water partition coefficient (Wildman–Crippen LogP) is 1.03. The molecular formula is C12H16FN3O. The van der Waals surface area contributed by atoms with Gasteiger partial charge in [-0.2, -0.15) is 0 Å². The Morgan fingerprint density at radius 1 is 1.65 bits per heavy atom. The lowest BCUT2D eigenvalue weighted by Crippen LogP contribution is -2.34. The van der Waals surface area contributed by atoms with Crippen LogP contribution in [0.3, 0.4) is 0 Å². The Kier molecular flexibility index (Phi) is 3.38. The van der Waals surface area contributed by atoms with E-state index in [0.29, 0.717) is 24.6 Å². The van der Waals surface area contributed by atoms with Gasteiger partial charge in [-0.1, -0.05) is 0 Å². The normalized spacial score (nSPS) is 24.1. The van der Waals surface area contributed by atoms with E-state index in [9.17, 15) is 9.18 Å². The van der Waals surface area contributed by atoms with Crippen LogP contribution in [0.15, 0.2) is 18.5 Å². The summed E-state index contributed by atoms with van der Waals surface area (Å²) in [6.07, 6.45) is 3.39. The van der Waals surface area contributed by atoms with Crippen LogP contribution in [0.5, 0.6) is 0 Å². The van der Waals surface area contributed by atoms with Gasteiger partial charge in [-0.05, 0) is 31.9 Å². The van der Waals surface area contributed by atoms with E-state index in [-0.39, 0.29) is 11.9 Å². The zero-order chi connectivity index (χ0) is 12.4. The van der Waals surface area contributed by atoms with E-state index in [1.165, 1.54) is 12.3 Å². The highest BCUT2D eigenvalue weighted by Crippen LogP contribution is 2.23. The molecule has 0 saturated carbocycles. The summed E-state index contributed by atoms with van der Waals surface area (Å²) in [6.45, 7) is 3.21. The van der Waals surface area contributed by atoms with Crippen molar-refractivity contribution in [2.45, 2.75) is 19.4 Å². The summed E-state index contributed by atoms with van der Waals surface area (Å²) >= 11 is 0. The maximum Gasteiger partial charge on any atom is 0.255 e. The van der Waals surface area contributed by atoms with Gasteiger partial charge in [-0.15, -0.1) is 0 Å². The Labute approximate surface area is 99.6 Å². The molecule has 1 aliphatic heterocycles. The van der Waals surface area contributed by atoms with Crippen molar-refractivity contribution < 1.29 is 9.18 Å². The fourth-order valence-corrected chi connectivity index (χ4v) is 2.29. The first-order valence-corrected chi connectivity index (χ1v) is 5.73. The van der Waals surface area contributed by atoms with Crippen LogP contribution in [-0.4, -0.2) is 34.9 Å². The first kappa shape index (κ1) is 12.0. The van der Waals surface area contributed by atoms with Crippen LogP contribution in [-0.2, 0) is 0 Å². The highest BCUT2D eigenvalue weighted by atomic mass is 19.1. The van der Waals surface area contributed by atoms with Gasteiger partial charge < -0.3 is 10.6 Å². The first-order chi connectivity index (χ1) is 8.11. The minimum atomic E-state index is -0.488. The molecule has 2 heterocycles. The molecule has 1 aromatic rings. The van der Waals surface area contributed by atoms with Gasteiger partial charge in [0.05, 0.1) is 11.8 Å². The van der Waals surface area contributed by atoms with E-state index < -0.39 is 5.82 Å². The summed E-state index contributed by atoms with van der Waals surface area (Å²) in [6, 6.07) is 1.37. The Morgan fingerprint density at radius 3 is 3.00 bits per heavy atom. The van der Waals surface area contributed by atoms with Gasteiger partial charge in [0.2, 0.25) is 0 Å². The summed E-state index contributed by atoms with van der Waals surface area (Å²) in [5, 5.41) is 0. The number of hydrogen-bond donors (Lipinski definition) is 1. The zero-order valence-corrected chi connectivity index (χ0v) is 9.77. The van der Waals surface area contributed by atoms with E-state index in [4.69, 9.17) is 5.73 Å². The molecule has 1 fully saturated rings. The standard InChI is InChI=1S/C12H16FN3O/c1-8-2-9(4-14)7-16(8)12(17)10-3-11(13)6-15-5-10/h3,5-6,8-9H,2,4,7,14H2,1H3. The summed E-state index contributed by atoms with van der Waals surface area (Å²) in [7, 11) is 0. The molecule has 1 aromatic heterocycles. The lowest BCUT2D eigenvalue weighted by molar-refractivity contribution is 0.0742. The number of rotatable bonds is 2. The van der Waals surface area contributed by atoms with E-state index >= 15 is 0 Å². The quantitative estimate of drug-likeness (QED) is 0.835. The molecule has 5 heteroatoms. The average Bonchev–Trinajstić information content (AvgIpc) is 2.69. The number of halogens is 1. The molecule has 0 spiro atoms. The van der Waals surface area contributed by atoms with Crippen LogP contribution in [0.2, 0.25) is 0 Å². The molecule has 2 rings (SSSR count). The SMILES string of the molecule is CC1CC(CN)CN1C(=O)c1cncc(F)c1. The number of likely N-dealkylation sites (tertiary alicyclic amines) is 1. The number of nitrogens with two attached hydrogens (primary N) is 1. The fourth-order valence-electron chi connectivity index (χ4n) is 2.29. The summed E-state index contributed by atoms with van der Waals surface area (Å²) in [4.78, 5) is 17.6. The molecule has 0 bridgehead atoms. The van der Waals surface area contributed by atoms with Crippen molar-refractivity contribution in [2.24, 2.45) is 11.7 Å². The predicted molar refractivity (Wildman–Crippen MR) is 61.9 cm³/mol. The van der Waals surface area contributed by atoms with Gasteiger partial charge in [0.25, 0.3) is 5.91 Å². The van der Waals surface area contributed by atoms with Crippen molar-refractivity contribution in [2.75, 3.05) is 13.1 Å². The number of amides is 1. The Bertz CT molecular complexity index is 424. The molecule has 4 nitrogen and oxygen atoms in total. The summed E-state index contributed by atoms with van der Waals surface area (Å²) in [5.41, 5.74) is 5.91. The third kappa shape index (κ3) is 2.44. The molecular weight excluding hydrogens is 221 g/mol. The van der Waals surface area contributed by atoms with Crippen LogP contribution in [0.1, 0.15) is 23.7 Å². The zero-order valence-electron chi connectivity index (χ0n) is 9.77. The van der Waals surface area contributed by atoms with Crippen molar-refractivity contribution in [1.29, 1.82) is 0 Å². The average molecular weight is 237 g/mol. The fraction of sp³-hybridized carbons (Fsp3) is 0.500. The second kappa shape index (κ2) is 4.79. The molecule has 1 amide bonds. The number of aromatic nitrogens is 1. The van der Waals surface area contributed by atoms with Gasteiger partial charge in [0.15, 0.2) is 0 Å². The Hall–Kier alpha value is -1.49. The molecule has 0 aromatic carbocycles. The molecule has 17 heavy (non-hydrogen) atoms. The van der Waals surface area contributed by atoms with Gasteiger partial charge in [0.1, 0.15) is 5.82 Å². The van der Waals surface area contributed by atoms with Crippen molar-refractivity contribution in [1.82, 2.24) is 9.88 Å². The highest BCUT2D eigenvalue weighted by molar-refractivity contribution is 5.94. The number of carbonyl (C=O) groups excluding carboxylic acids is 1. The van der Waals surface area contributed by atoms with Gasteiger partial charge in [-0.25, -0.2) is 4.39 Å². The number of carbonyl (C=O) groups is 1. The number of nitrogens with zero attached hydrogens (tertiary/aromatic N) is 2. The molecule has 1 saturated heterocycles. The Balaban J connectivity index is 2.15. The minimum Gasteiger partial charge on any atom is -0.336 e. The van der Waals surface area contributed by atoms with Crippen molar-refractivity contribution in [3.8, 4) is 0 Å². The number of pyridine rings is 1. The van der Waals surface area contributed by atoms with Gasteiger partial charge in [0, 0.05) is 18.8 Å². The molecule has 92 valence electrons. The van der Waals surface area contributed by atoms with Crippen LogP contribution >= 0.6 is 0 Å². The van der Waals surface area contributed by atoms with Crippen LogP contribution in [0.4, 0.5) is 4.39 Å². The molecule has 1 aliphatic rings. The van der Waals surface area contributed by atoms with Crippen LogP contribution < -0.4 is 5.73 Å². The second-order valence-electron chi connectivity index (χ2n) is 4.54. The number of hydrogen-bond acceptors (Lipinski definition) is 3. The van der Waals surface area contributed by atoms with Crippen molar-refractivity contribution in [3.63, 3.8) is 0 Å². The topological polar surface area (TPSA) is 59.2 Å². The maximum absolute atomic E-state index is 13.0. The monoisotopic (exact) mass is 237 g/mol. The lowest BCUT2D eigenvalue weighted by atomic mass is 10.1. The van der Waals surface area contributed by atoms with Crippen LogP contribution in [0.25, 0.3) is 0 Å². The molecule has 2 atom stereocenters. The van der Waals surface area contributed by atoms with Gasteiger partial charge in [-0.3, -0.25) is 9.78 Å². The van der Waals surface area contributed by atoms with Crippen molar-refractivity contribution >= 4 is 5.91 Å². The van der Waals surface area contributed by atoms with Gasteiger partial charge >= 0.3 is 0 Å². The van der Waals surface area contributed by atoms with E-state index in [0.717, 1.165) is 12.6 Å². The third-order valence-corrected chi connectivity index (χ3v) is 3.21. The first-order valence-electron chi connectivity index (χ1n) is 5.73. The summed E-state index contributed by atoms with van der Waals surface area (Å²) in [5.74, 6) is -0.311. The molecule has 0 aliphatic carbocycles. The molecule has 0 radical (unpaired) electrons. The van der Waals surface area contributed by atoms with Crippen molar-refractivity contribution in [3.05, 3.63) is 29.8 Å². The van der Waals surface area contributed by atoms with Crippen LogP contribution in [0, 0.1) is 11.7 Å². The summed E-state index contributed by atoms with van der Waals surface area (Å²) < 4.78 is 13.0. The Morgan fingerprint density at radius 2 is 2.41 bits per heavy atom. The smallest absolute Gasteiger partial charge is 0.255 e. The highest BCUT2D eigenvalue weighted by Gasteiger charge is 2.32. The minimum absolute atomic E-state index is 0.152.